The second-order valence-electron chi connectivity index (χ2n) is 3.89. The molecule has 0 aliphatic heterocycles. The van der Waals surface area contributed by atoms with Crippen LogP contribution in [0.1, 0.15) is 11.1 Å². The highest BCUT2D eigenvalue weighted by Crippen LogP contribution is 2.18. The van der Waals surface area contributed by atoms with Gasteiger partial charge in [0, 0.05) is 12.2 Å². The normalized spacial score (nSPS) is 11.6. The maximum absolute atomic E-state index is 11.9. The number of sulfonamides is 1. The van der Waals surface area contributed by atoms with Crippen molar-refractivity contribution in [3.05, 3.63) is 46.8 Å². The van der Waals surface area contributed by atoms with Crippen LogP contribution in [0.3, 0.4) is 0 Å². The van der Waals surface area contributed by atoms with E-state index in [4.69, 9.17) is 5.73 Å². The number of nitrogens with two attached hydrogens (primary N) is 1. The summed E-state index contributed by atoms with van der Waals surface area (Å²) in [5, 5.41) is 1.74. The molecule has 0 spiro atoms. The SMILES string of the molecule is Cc1c(N)cccc1CNS(=O)(=O)c1cccs1. The number of hydrogen-bond donors (Lipinski definition) is 2. The zero-order valence-corrected chi connectivity index (χ0v) is 11.5. The lowest BCUT2D eigenvalue weighted by molar-refractivity contribution is 0.583. The van der Waals surface area contributed by atoms with Crippen LogP contribution in [-0.2, 0) is 16.6 Å². The first-order chi connectivity index (χ1) is 8.50. The number of hydrogen-bond acceptors (Lipinski definition) is 4. The van der Waals surface area contributed by atoms with Crippen molar-refractivity contribution in [1.82, 2.24) is 4.72 Å². The Morgan fingerprint density at radius 3 is 2.72 bits per heavy atom. The lowest BCUT2D eigenvalue weighted by Crippen LogP contribution is -2.22. The number of nitrogens with one attached hydrogen (secondary N) is 1. The quantitative estimate of drug-likeness (QED) is 0.844. The van der Waals surface area contributed by atoms with Gasteiger partial charge in [0.1, 0.15) is 4.21 Å². The molecule has 0 radical (unpaired) electrons. The highest BCUT2D eigenvalue weighted by Gasteiger charge is 2.15. The first kappa shape index (κ1) is 13.1. The zero-order valence-electron chi connectivity index (χ0n) is 9.88. The van der Waals surface area contributed by atoms with Gasteiger partial charge in [-0.15, -0.1) is 11.3 Å². The van der Waals surface area contributed by atoms with Gasteiger partial charge in [-0.25, -0.2) is 13.1 Å². The van der Waals surface area contributed by atoms with E-state index in [-0.39, 0.29) is 6.54 Å². The third-order valence-electron chi connectivity index (χ3n) is 2.70. The summed E-state index contributed by atoms with van der Waals surface area (Å²) in [4.78, 5) is 0. The van der Waals surface area contributed by atoms with E-state index in [1.807, 2.05) is 19.1 Å². The monoisotopic (exact) mass is 282 g/mol. The molecule has 0 aliphatic rings. The molecule has 2 aromatic rings. The average molecular weight is 282 g/mol. The molecule has 0 atom stereocenters. The fourth-order valence-electron chi connectivity index (χ4n) is 1.56. The number of nitrogen functional groups attached to an aromatic ring is 1. The van der Waals surface area contributed by atoms with Crippen LogP contribution in [0.2, 0.25) is 0 Å². The first-order valence-corrected chi connectivity index (χ1v) is 7.74. The Labute approximate surface area is 111 Å². The van der Waals surface area contributed by atoms with Crippen molar-refractivity contribution in [2.45, 2.75) is 17.7 Å². The second kappa shape index (κ2) is 5.09. The topological polar surface area (TPSA) is 72.2 Å². The van der Waals surface area contributed by atoms with E-state index in [1.165, 1.54) is 11.3 Å². The fourth-order valence-corrected chi connectivity index (χ4v) is 3.60. The van der Waals surface area contributed by atoms with Crippen LogP contribution in [0.5, 0.6) is 0 Å². The Morgan fingerprint density at radius 1 is 1.28 bits per heavy atom. The summed E-state index contributed by atoms with van der Waals surface area (Å²) in [7, 11) is -3.42. The van der Waals surface area contributed by atoms with Gasteiger partial charge in [0.2, 0.25) is 10.0 Å². The lowest BCUT2D eigenvalue weighted by atomic mass is 10.1. The molecule has 96 valence electrons. The molecule has 0 saturated heterocycles. The van der Waals surface area contributed by atoms with Crippen LogP contribution < -0.4 is 10.5 Å². The molecule has 0 bridgehead atoms. The third-order valence-corrected chi connectivity index (χ3v) is 5.50. The Kier molecular flexibility index (Phi) is 3.70. The van der Waals surface area contributed by atoms with Gasteiger partial charge in [-0.05, 0) is 35.6 Å². The van der Waals surface area contributed by atoms with E-state index in [1.54, 1.807) is 23.6 Å². The number of thiophene rings is 1. The number of benzene rings is 1. The van der Waals surface area contributed by atoms with Crippen molar-refractivity contribution in [1.29, 1.82) is 0 Å². The van der Waals surface area contributed by atoms with Crippen molar-refractivity contribution in [2.24, 2.45) is 0 Å². The average Bonchev–Trinajstić information content (AvgIpc) is 2.85. The van der Waals surface area contributed by atoms with Crippen LogP contribution >= 0.6 is 11.3 Å². The summed E-state index contributed by atoms with van der Waals surface area (Å²) in [6, 6.07) is 8.77. The molecule has 0 unspecified atom stereocenters. The Morgan fingerprint density at radius 2 is 2.06 bits per heavy atom. The molecule has 0 saturated carbocycles. The predicted molar refractivity (Wildman–Crippen MR) is 73.9 cm³/mol. The first-order valence-electron chi connectivity index (χ1n) is 5.38. The molecule has 2 rings (SSSR count). The Hall–Kier alpha value is -1.37. The van der Waals surface area contributed by atoms with E-state index >= 15 is 0 Å². The summed E-state index contributed by atoms with van der Waals surface area (Å²) in [5.41, 5.74) is 8.24. The van der Waals surface area contributed by atoms with Crippen LogP contribution in [0, 0.1) is 6.92 Å². The second-order valence-corrected chi connectivity index (χ2v) is 6.83. The molecule has 3 N–H and O–H groups in total. The lowest BCUT2D eigenvalue weighted by Gasteiger charge is -2.09. The van der Waals surface area contributed by atoms with Crippen molar-refractivity contribution in [2.75, 3.05) is 5.73 Å². The van der Waals surface area contributed by atoms with Crippen molar-refractivity contribution < 1.29 is 8.42 Å². The highest BCUT2D eigenvalue weighted by molar-refractivity contribution is 7.91. The van der Waals surface area contributed by atoms with Crippen LogP contribution in [0.15, 0.2) is 39.9 Å². The molecule has 1 aromatic carbocycles. The predicted octanol–water partition coefficient (Wildman–Crippen LogP) is 2.12. The Bertz CT molecular complexity index is 634. The van der Waals surface area contributed by atoms with E-state index in [2.05, 4.69) is 4.72 Å². The fraction of sp³-hybridized carbons (Fsp3) is 0.167. The smallest absolute Gasteiger partial charge is 0.250 e. The molecular formula is C12H14N2O2S2. The Balaban J connectivity index is 2.15. The van der Waals surface area contributed by atoms with Gasteiger partial charge in [-0.1, -0.05) is 18.2 Å². The van der Waals surface area contributed by atoms with Crippen LogP contribution in [0.4, 0.5) is 5.69 Å². The zero-order chi connectivity index (χ0) is 13.2. The van der Waals surface area contributed by atoms with Gasteiger partial charge in [0.25, 0.3) is 0 Å². The van der Waals surface area contributed by atoms with Gasteiger partial charge >= 0.3 is 0 Å². The van der Waals surface area contributed by atoms with E-state index in [0.717, 1.165) is 11.1 Å². The van der Waals surface area contributed by atoms with E-state index in [9.17, 15) is 8.42 Å². The minimum Gasteiger partial charge on any atom is -0.399 e. The molecule has 0 fully saturated rings. The maximum atomic E-state index is 11.9. The summed E-state index contributed by atoms with van der Waals surface area (Å²) in [6.07, 6.45) is 0. The summed E-state index contributed by atoms with van der Waals surface area (Å²) < 4.78 is 26.8. The van der Waals surface area contributed by atoms with Crippen molar-refractivity contribution in [3.63, 3.8) is 0 Å². The molecule has 4 nitrogen and oxygen atoms in total. The number of rotatable bonds is 4. The number of anilines is 1. The molecule has 0 aliphatic carbocycles. The third kappa shape index (κ3) is 2.72. The minimum atomic E-state index is -3.42. The summed E-state index contributed by atoms with van der Waals surface area (Å²) in [6.45, 7) is 2.13. The van der Waals surface area contributed by atoms with Crippen molar-refractivity contribution >= 4 is 27.0 Å². The minimum absolute atomic E-state index is 0.247. The highest BCUT2D eigenvalue weighted by atomic mass is 32.2. The largest absolute Gasteiger partial charge is 0.399 e. The molecule has 18 heavy (non-hydrogen) atoms. The molecule has 6 heteroatoms. The summed E-state index contributed by atoms with van der Waals surface area (Å²) in [5.74, 6) is 0. The standard InChI is InChI=1S/C12H14N2O2S2/c1-9-10(4-2-5-11(9)13)8-14-18(15,16)12-6-3-7-17-12/h2-7,14H,8,13H2,1H3. The summed E-state index contributed by atoms with van der Waals surface area (Å²) >= 11 is 1.20. The van der Waals surface area contributed by atoms with Crippen LogP contribution in [-0.4, -0.2) is 8.42 Å². The molecule has 1 aromatic heterocycles. The molecule has 0 amide bonds. The van der Waals surface area contributed by atoms with Gasteiger partial charge in [0.15, 0.2) is 0 Å². The van der Waals surface area contributed by atoms with Gasteiger partial charge in [0.05, 0.1) is 0 Å². The van der Waals surface area contributed by atoms with Gasteiger partial charge < -0.3 is 5.73 Å². The van der Waals surface area contributed by atoms with Gasteiger partial charge in [-0.3, -0.25) is 0 Å². The molecule has 1 heterocycles. The van der Waals surface area contributed by atoms with Crippen molar-refractivity contribution in [3.8, 4) is 0 Å². The maximum Gasteiger partial charge on any atom is 0.250 e. The van der Waals surface area contributed by atoms with Crippen LogP contribution in [0.25, 0.3) is 0 Å². The van der Waals surface area contributed by atoms with E-state index in [0.29, 0.717) is 9.90 Å². The van der Waals surface area contributed by atoms with Gasteiger partial charge in [-0.2, -0.15) is 0 Å². The molecular weight excluding hydrogens is 268 g/mol. The van der Waals surface area contributed by atoms with E-state index < -0.39 is 10.0 Å².